The molecule has 24 heavy (non-hydrogen) atoms. The summed E-state index contributed by atoms with van der Waals surface area (Å²) in [5, 5.41) is 4.08. The van der Waals surface area contributed by atoms with Gasteiger partial charge in [0, 0.05) is 17.5 Å². The van der Waals surface area contributed by atoms with Gasteiger partial charge in [0.1, 0.15) is 11.8 Å². The molecular formula is C18H23N3O3. The fraction of sp³-hybridized carbons (Fsp3) is 0.500. The van der Waals surface area contributed by atoms with Crippen LogP contribution in [0.4, 0.5) is 0 Å². The third-order valence-electron chi connectivity index (χ3n) is 4.21. The molecule has 3 rings (SSSR count). The van der Waals surface area contributed by atoms with Crippen LogP contribution in [-0.2, 0) is 4.79 Å². The van der Waals surface area contributed by atoms with E-state index in [1.165, 1.54) is 0 Å². The lowest BCUT2D eigenvalue weighted by Crippen LogP contribution is -2.39. The van der Waals surface area contributed by atoms with E-state index in [1.807, 2.05) is 49.9 Å². The van der Waals surface area contributed by atoms with Gasteiger partial charge in [0.2, 0.25) is 17.6 Å². The summed E-state index contributed by atoms with van der Waals surface area (Å²) in [4.78, 5) is 19.0. The zero-order valence-electron chi connectivity index (χ0n) is 14.6. The van der Waals surface area contributed by atoms with E-state index in [4.69, 9.17) is 9.26 Å². The van der Waals surface area contributed by atoms with Crippen LogP contribution in [0.15, 0.2) is 28.8 Å². The normalized spacial score (nSPS) is 18.0. The Morgan fingerprint density at radius 3 is 2.88 bits per heavy atom. The number of carbonyl (C=O) groups excluding carboxylic acids is 1. The van der Waals surface area contributed by atoms with Crippen molar-refractivity contribution in [3.05, 3.63) is 30.2 Å². The van der Waals surface area contributed by atoms with Crippen molar-refractivity contribution in [2.75, 3.05) is 13.7 Å². The summed E-state index contributed by atoms with van der Waals surface area (Å²) >= 11 is 0. The number of rotatable bonds is 3. The molecule has 2 heterocycles. The summed E-state index contributed by atoms with van der Waals surface area (Å²) in [6, 6.07) is 7.38. The second kappa shape index (κ2) is 6.26. The van der Waals surface area contributed by atoms with Crippen molar-refractivity contribution in [2.24, 2.45) is 5.41 Å². The molecule has 0 radical (unpaired) electrons. The predicted molar refractivity (Wildman–Crippen MR) is 89.4 cm³/mol. The van der Waals surface area contributed by atoms with Crippen LogP contribution >= 0.6 is 0 Å². The minimum Gasteiger partial charge on any atom is -0.497 e. The number of methoxy groups -OCH3 is 1. The Kier molecular flexibility index (Phi) is 4.30. The largest absolute Gasteiger partial charge is 0.497 e. The van der Waals surface area contributed by atoms with Crippen LogP contribution in [-0.4, -0.2) is 34.6 Å². The third-order valence-corrected chi connectivity index (χ3v) is 4.21. The summed E-state index contributed by atoms with van der Waals surface area (Å²) in [7, 11) is 1.62. The molecule has 128 valence electrons. The fourth-order valence-electron chi connectivity index (χ4n) is 2.95. The highest BCUT2D eigenvalue weighted by Crippen LogP contribution is 2.35. The molecule has 0 saturated carbocycles. The van der Waals surface area contributed by atoms with E-state index in [9.17, 15) is 4.79 Å². The van der Waals surface area contributed by atoms with Crippen molar-refractivity contribution in [1.82, 2.24) is 15.0 Å². The van der Waals surface area contributed by atoms with E-state index in [2.05, 4.69) is 10.1 Å². The summed E-state index contributed by atoms with van der Waals surface area (Å²) in [6.07, 6.45) is 1.80. The van der Waals surface area contributed by atoms with Crippen LogP contribution in [0.3, 0.4) is 0 Å². The van der Waals surface area contributed by atoms with E-state index < -0.39 is 5.41 Å². The van der Waals surface area contributed by atoms with Crippen molar-refractivity contribution in [3.8, 4) is 17.1 Å². The minimum atomic E-state index is -0.418. The molecular weight excluding hydrogens is 306 g/mol. The second-order valence-electron chi connectivity index (χ2n) is 7.09. The maximum absolute atomic E-state index is 12.6. The van der Waals surface area contributed by atoms with Crippen molar-refractivity contribution in [3.63, 3.8) is 0 Å². The number of ether oxygens (including phenoxy) is 1. The van der Waals surface area contributed by atoms with Gasteiger partial charge in [-0.25, -0.2) is 0 Å². The topological polar surface area (TPSA) is 68.5 Å². The second-order valence-corrected chi connectivity index (χ2v) is 7.09. The first-order valence-corrected chi connectivity index (χ1v) is 8.19. The average molecular weight is 329 g/mol. The van der Waals surface area contributed by atoms with Gasteiger partial charge in [-0.3, -0.25) is 4.79 Å². The lowest BCUT2D eigenvalue weighted by Gasteiger charge is -2.29. The number of hydrogen-bond donors (Lipinski definition) is 0. The molecule has 1 amide bonds. The molecule has 1 aromatic carbocycles. The molecule has 1 fully saturated rings. The first-order valence-electron chi connectivity index (χ1n) is 8.19. The zero-order chi connectivity index (χ0) is 17.3. The van der Waals surface area contributed by atoms with E-state index in [1.54, 1.807) is 7.11 Å². The number of hydrogen-bond acceptors (Lipinski definition) is 5. The van der Waals surface area contributed by atoms with Crippen molar-refractivity contribution in [1.29, 1.82) is 0 Å². The van der Waals surface area contributed by atoms with Gasteiger partial charge in [-0.05, 0) is 25.0 Å². The van der Waals surface area contributed by atoms with Crippen LogP contribution in [0.1, 0.15) is 45.5 Å². The summed E-state index contributed by atoms with van der Waals surface area (Å²) in [5.41, 5.74) is 0.411. The molecule has 1 unspecified atom stereocenters. The lowest BCUT2D eigenvalue weighted by molar-refractivity contribution is -0.140. The Morgan fingerprint density at radius 1 is 1.38 bits per heavy atom. The number of amides is 1. The number of benzene rings is 1. The monoisotopic (exact) mass is 329 g/mol. The van der Waals surface area contributed by atoms with Crippen molar-refractivity contribution < 1.29 is 14.1 Å². The van der Waals surface area contributed by atoms with Crippen LogP contribution in [0.2, 0.25) is 0 Å². The number of nitrogens with zero attached hydrogens (tertiary/aromatic N) is 3. The Labute approximate surface area is 141 Å². The predicted octanol–water partition coefficient (Wildman–Crippen LogP) is 3.45. The first-order chi connectivity index (χ1) is 11.4. The first kappa shape index (κ1) is 16.5. The van der Waals surface area contributed by atoms with Gasteiger partial charge in [0.25, 0.3) is 0 Å². The standard InChI is InChI=1S/C18H23N3O3/c1-18(2,3)17(22)21-10-6-9-14(21)16-19-15(20-24-16)12-7-5-8-13(11-12)23-4/h5,7-8,11,14H,6,9-10H2,1-4H3. The van der Waals surface area contributed by atoms with Gasteiger partial charge in [0.15, 0.2) is 0 Å². The average Bonchev–Trinajstić information content (AvgIpc) is 3.22. The molecule has 0 aliphatic carbocycles. The maximum Gasteiger partial charge on any atom is 0.249 e. The molecule has 2 aromatic rings. The molecule has 0 bridgehead atoms. The van der Waals surface area contributed by atoms with E-state index in [0.29, 0.717) is 11.7 Å². The quantitative estimate of drug-likeness (QED) is 0.862. The number of likely N-dealkylation sites (tertiary alicyclic amines) is 1. The Bertz CT molecular complexity index is 733. The maximum atomic E-state index is 12.6. The van der Waals surface area contributed by atoms with E-state index in [-0.39, 0.29) is 11.9 Å². The van der Waals surface area contributed by atoms with Gasteiger partial charge >= 0.3 is 0 Å². The van der Waals surface area contributed by atoms with Crippen molar-refractivity contribution >= 4 is 5.91 Å². The van der Waals surface area contributed by atoms with E-state index in [0.717, 1.165) is 30.7 Å². The summed E-state index contributed by atoms with van der Waals surface area (Å²) in [6.45, 7) is 6.53. The molecule has 0 spiro atoms. The SMILES string of the molecule is COc1cccc(-c2noc(C3CCCN3C(=O)C(C)(C)C)n2)c1. The van der Waals surface area contributed by atoms with Gasteiger partial charge in [-0.15, -0.1) is 0 Å². The van der Waals surface area contributed by atoms with Crippen LogP contribution < -0.4 is 4.74 Å². The lowest BCUT2D eigenvalue weighted by atomic mass is 9.94. The summed E-state index contributed by atoms with van der Waals surface area (Å²) in [5.74, 6) is 1.87. The van der Waals surface area contributed by atoms with Gasteiger partial charge in [0.05, 0.1) is 7.11 Å². The Hall–Kier alpha value is -2.37. The molecule has 6 nitrogen and oxygen atoms in total. The Balaban J connectivity index is 1.85. The highest BCUT2D eigenvalue weighted by Gasteiger charge is 2.38. The zero-order valence-corrected chi connectivity index (χ0v) is 14.6. The molecule has 1 saturated heterocycles. The molecule has 1 atom stereocenters. The van der Waals surface area contributed by atoms with Crippen LogP contribution in [0.25, 0.3) is 11.4 Å². The fourth-order valence-corrected chi connectivity index (χ4v) is 2.95. The highest BCUT2D eigenvalue weighted by atomic mass is 16.5. The Morgan fingerprint density at radius 2 is 2.17 bits per heavy atom. The number of aromatic nitrogens is 2. The highest BCUT2D eigenvalue weighted by molar-refractivity contribution is 5.82. The van der Waals surface area contributed by atoms with Crippen molar-refractivity contribution in [2.45, 2.75) is 39.7 Å². The molecule has 1 aliphatic rings. The molecule has 6 heteroatoms. The number of carbonyl (C=O) groups is 1. The van der Waals surface area contributed by atoms with Gasteiger partial charge in [-0.2, -0.15) is 4.98 Å². The van der Waals surface area contributed by atoms with Gasteiger partial charge < -0.3 is 14.2 Å². The van der Waals surface area contributed by atoms with Gasteiger partial charge in [-0.1, -0.05) is 38.1 Å². The minimum absolute atomic E-state index is 0.117. The summed E-state index contributed by atoms with van der Waals surface area (Å²) < 4.78 is 10.7. The molecule has 1 aliphatic heterocycles. The molecule has 1 aromatic heterocycles. The van der Waals surface area contributed by atoms with Crippen LogP contribution in [0.5, 0.6) is 5.75 Å². The third kappa shape index (κ3) is 3.13. The molecule has 0 N–H and O–H groups in total. The smallest absolute Gasteiger partial charge is 0.249 e. The van der Waals surface area contributed by atoms with Crippen LogP contribution in [0, 0.1) is 5.41 Å². The van der Waals surface area contributed by atoms with E-state index >= 15 is 0 Å².